The summed E-state index contributed by atoms with van der Waals surface area (Å²) in [5.74, 6) is 0. The molecule has 0 bridgehead atoms. The number of unbranched alkanes of at least 4 members (excludes halogenated alkanes) is 2. The molecule has 0 amide bonds. The highest BCUT2D eigenvalue weighted by molar-refractivity contribution is 14.1. The predicted octanol–water partition coefficient (Wildman–Crippen LogP) is 4.23. The van der Waals surface area contributed by atoms with Gasteiger partial charge in [0.1, 0.15) is 0 Å². The van der Waals surface area contributed by atoms with E-state index in [0.29, 0.717) is 19.3 Å². The lowest BCUT2D eigenvalue weighted by atomic mass is 10.1. The highest BCUT2D eigenvalue weighted by atomic mass is 127. The fraction of sp³-hybridized carbons (Fsp3) is 1.00. The van der Waals surface area contributed by atoms with Gasteiger partial charge in [-0.1, -0.05) is 6.42 Å². The van der Waals surface area contributed by atoms with Crippen molar-refractivity contribution in [1.29, 1.82) is 0 Å². The van der Waals surface area contributed by atoms with Crippen LogP contribution in [0.15, 0.2) is 0 Å². The largest absolute Gasteiger partial charge is 0.296 e. The Labute approximate surface area is 82.9 Å². The highest BCUT2D eigenvalue weighted by Crippen LogP contribution is 2.29. The van der Waals surface area contributed by atoms with Crippen LogP contribution >= 0.6 is 22.6 Å². The van der Waals surface area contributed by atoms with E-state index in [1.165, 1.54) is 0 Å². The Morgan fingerprint density at radius 3 is 2.08 bits per heavy atom. The van der Waals surface area contributed by atoms with Gasteiger partial charge in [-0.25, -0.2) is 8.78 Å². The van der Waals surface area contributed by atoms with E-state index >= 15 is 0 Å². The number of rotatable bonds is 6. The third kappa shape index (κ3) is 10.4. The minimum Gasteiger partial charge on any atom is -0.211 e. The summed E-state index contributed by atoms with van der Waals surface area (Å²) in [6.07, 6.45) is -1.57. The minimum absolute atomic E-state index is 0.174. The van der Waals surface area contributed by atoms with Crippen molar-refractivity contribution in [3.8, 4) is 0 Å². The van der Waals surface area contributed by atoms with E-state index in [2.05, 4.69) is 0 Å². The molecule has 0 aliphatic heterocycles. The number of alkyl halides is 5. The van der Waals surface area contributed by atoms with E-state index in [0.717, 1.165) is 22.6 Å². The van der Waals surface area contributed by atoms with Crippen molar-refractivity contribution in [3.05, 3.63) is 0 Å². The molecule has 0 rings (SSSR count). The summed E-state index contributed by atoms with van der Waals surface area (Å²) in [6.45, 7) is 0. The maximum Gasteiger partial charge on any atom is 0.296 e. The van der Waals surface area contributed by atoms with Crippen molar-refractivity contribution in [2.45, 2.75) is 42.5 Å². The van der Waals surface area contributed by atoms with Crippen LogP contribution in [0.25, 0.3) is 0 Å². The maximum atomic E-state index is 12.1. The van der Waals surface area contributed by atoms with E-state index in [4.69, 9.17) is 0 Å². The molecule has 5 heteroatoms. The van der Waals surface area contributed by atoms with Gasteiger partial charge in [0, 0.05) is 12.8 Å². The molecule has 0 aromatic rings. The maximum absolute atomic E-state index is 12.1. The second-order valence-electron chi connectivity index (χ2n) is 2.61. The Hall–Kier alpha value is 0.450. The van der Waals surface area contributed by atoms with Gasteiger partial charge in [-0.05, 0) is 35.4 Å². The van der Waals surface area contributed by atoms with E-state index in [9.17, 15) is 17.6 Å². The number of hydrogen-bond donors (Lipinski definition) is 0. The quantitative estimate of drug-likeness (QED) is 0.298. The molecule has 0 aliphatic rings. The zero-order valence-electron chi connectivity index (χ0n) is 6.50. The summed E-state index contributed by atoms with van der Waals surface area (Å²) in [5.41, 5.74) is 0. The van der Waals surface area contributed by atoms with Gasteiger partial charge in [0.25, 0.3) is 3.93 Å². The standard InChI is InChI=1S/C7H11F4I/c8-6(9)4-2-1-3-5-7(10,11)12/h6H,1-5H2. The summed E-state index contributed by atoms with van der Waals surface area (Å²) in [6, 6.07) is 0. The first-order valence-corrected chi connectivity index (χ1v) is 4.84. The van der Waals surface area contributed by atoms with E-state index < -0.39 is 10.4 Å². The van der Waals surface area contributed by atoms with Crippen LogP contribution in [0.5, 0.6) is 0 Å². The Kier molecular flexibility index (Phi) is 6.21. The molecule has 0 aromatic heterocycles. The summed E-state index contributed by atoms with van der Waals surface area (Å²) in [4.78, 5) is 0. The third-order valence-corrected chi connectivity index (χ3v) is 1.92. The Balaban J connectivity index is 3.12. The molecule has 0 heterocycles. The molecule has 0 fully saturated rings. The Morgan fingerprint density at radius 2 is 1.67 bits per heavy atom. The van der Waals surface area contributed by atoms with Gasteiger partial charge in [0.15, 0.2) is 0 Å². The summed E-state index contributed by atoms with van der Waals surface area (Å²) in [7, 11) is 0. The monoisotopic (exact) mass is 298 g/mol. The van der Waals surface area contributed by atoms with Crippen molar-refractivity contribution < 1.29 is 17.6 Å². The van der Waals surface area contributed by atoms with Crippen LogP contribution in [0.1, 0.15) is 32.1 Å². The molecule has 0 radical (unpaired) electrons. The van der Waals surface area contributed by atoms with Crippen molar-refractivity contribution in [1.82, 2.24) is 0 Å². The lowest BCUT2D eigenvalue weighted by Crippen LogP contribution is -2.03. The van der Waals surface area contributed by atoms with E-state index in [1.807, 2.05) is 0 Å². The van der Waals surface area contributed by atoms with Gasteiger partial charge < -0.3 is 0 Å². The number of halogens is 5. The first-order valence-electron chi connectivity index (χ1n) is 3.77. The van der Waals surface area contributed by atoms with Crippen molar-refractivity contribution in [3.63, 3.8) is 0 Å². The van der Waals surface area contributed by atoms with Crippen LogP contribution in [-0.2, 0) is 0 Å². The summed E-state index contributed by atoms with van der Waals surface area (Å²) < 4.78 is 44.7. The molecule has 0 N–H and O–H groups in total. The molecule has 0 unspecified atom stereocenters. The smallest absolute Gasteiger partial charge is 0.211 e. The molecule has 74 valence electrons. The molecule has 0 saturated heterocycles. The van der Waals surface area contributed by atoms with Gasteiger partial charge in [-0.15, -0.1) is 0 Å². The van der Waals surface area contributed by atoms with Gasteiger partial charge in [0.05, 0.1) is 0 Å². The summed E-state index contributed by atoms with van der Waals surface area (Å²) >= 11 is 1.06. The normalized spacial score (nSPS) is 12.5. The van der Waals surface area contributed by atoms with E-state index in [-0.39, 0.29) is 12.8 Å². The lowest BCUT2D eigenvalue weighted by Gasteiger charge is -2.06. The average molecular weight is 298 g/mol. The molecular weight excluding hydrogens is 287 g/mol. The molecule has 0 aliphatic carbocycles. The third-order valence-electron chi connectivity index (χ3n) is 1.38. The average Bonchev–Trinajstić information content (AvgIpc) is 1.83. The van der Waals surface area contributed by atoms with Gasteiger partial charge >= 0.3 is 0 Å². The number of hydrogen-bond acceptors (Lipinski definition) is 0. The molecule has 0 nitrogen and oxygen atoms in total. The molecule has 0 atom stereocenters. The zero-order chi connectivity index (χ0) is 9.61. The summed E-state index contributed by atoms with van der Waals surface area (Å²) in [5, 5.41) is 0. The highest BCUT2D eigenvalue weighted by Gasteiger charge is 2.22. The topological polar surface area (TPSA) is 0 Å². The molecular formula is C7H11F4I. The Morgan fingerprint density at radius 1 is 1.08 bits per heavy atom. The second-order valence-corrected chi connectivity index (χ2v) is 4.18. The van der Waals surface area contributed by atoms with Crippen LogP contribution < -0.4 is 0 Å². The van der Waals surface area contributed by atoms with Crippen LogP contribution in [0, 0.1) is 0 Å². The van der Waals surface area contributed by atoms with Crippen LogP contribution in [0.3, 0.4) is 0 Å². The zero-order valence-corrected chi connectivity index (χ0v) is 8.66. The van der Waals surface area contributed by atoms with Gasteiger partial charge in [-0.2, -0.15) is 8.78 Å². The fourth-order valence-corrected chi connectivity index (χ4v) is 1.18. The van der Waals surface area contributed by atoms with Gasteiger partial charge in [-0.3, -0.25) is 0 Å². The van der Waals surface area contributed by atoms with Crippen LogP contribution in [0.2, 0.25) is 0 Å². The Bertz CT molecular complexity index is 110. The van der Waals surface area contributed by atoms with Crippen molar-refractivity contribution in [2.24, 2.45) is 0 Å². The molecule has 0 spiro atoms. The fourth-order valence-electron chi connectivity index (χ4n) is 0.801. The first kappa shape index (κ1) is 12.4. The van der Waals surface area contributed by atoms with Crippen molar-refractivity contribution in [2.75, 3.05) is 0 Å². The van der Waals surface area contributed by atoms with Gasteiger partial charge in [0.2, 0.25) is 6.43 Å². The second kappa shape index (κ2) is 5.99. The van der Waals surface area contributed by atoms with Crippen LogP contribution in [-0.4, -0.2) is 10.4 Å². The molecule has 0 aromatic carbocycles. The first-order chi connectivity index (χ1) is 5.42. The van der Waals surface area contributed by atoms with Crippen LogP contribution in [0.4, 0.5) is 17.6 Å². The molecule has 12 heavy (non-hydrogen) atoms. The van der Waals surface area contributed by atoms with Crippen molar-refractivity contribution >= 4 is 22.6 Å². The lowest BCUT2D eigenvalue weighted by molar-refractivity contribution is 0.110. The van der Waals surface area contributed by atoms with E-state index in [1.54, 1.807) is 0 Å². The predicted molar refractivity (Wildman–Crippen MR) is 48.1 cm³/mol. The molecule has 0 saturated carbocycles. The minimum atomic E-state index is -2.68. The SMILES string of the molecule is FC(F)CCCCCC(F)(F)I.